The van der Waals surface area contributed by atoms with Crippen LogP contribution in [0.1, 0.15) is 37.1 Å². The van der Waals surface area contributed by atoms with Gasteiger partial charge in [0.2, 0.25) is 10.0 Å². The highest BCUT2D eigenvalue weighted by Crippen LogP contribution is 2.34. The zero-order chi connectivity index (χ0) is 19.2. The number of benzene rings is 1. The average molecular weight is 407 g/mol. The summed E-state index contributed by atoms with van der Waals surface area (Å²) >= 11 is 1.44. The summed E-state index contributed by atoms with van der Waals surface area (Å²) in [6.07, 6.45) is 5.77. The Hall–Kier alpha value is -1.84. The second kappa shape index (κ2) is 6.96. The summed E-state index contributed by atoms with van der Waals surface area (Å²) in [4.78, 5) is 7.88. The first-order valence-electron chi connectivity index (χ1n) is 8.92. The first kappa shape index (κ1) is 18.5. The molecule has 1 aromatic carbocycles. The molecule has 27 heavy (non-hydrogen) atoms. The number of nitrogens with one attached hydrogen (secondary N) is 2. The maximum Gasteiger partial charge on any atom is 0.243 e. The molecule has 2 N–H and O–H groups in total. The van der Waals surface area contributed by atoms with E-state index in [2.05, 4.69) is 19.8 Å². The van der Waals surface area contributed by atoms with Crippen molar-refractivity contribution in [2.45, 2.75) is 55.6 Å². The molecule has 9 heteroatoms. The van der Waals surface area contributed by atoms with Crippen LogP contribution in [0, 0.1) is 13.8 Å². The minimum atomic E-state index is -3.70. The third-order valence-corrected chi connectivity index (χ3v) is 7.13. The minimum Gasteiger partial charge on any atom is -0.361 e. The Morgan fingerprint density at radius 3 is 2.63 bits per heavy atom. The Morgan fingerprint density at radius 2 is 2.00 bits per heavy atom. The van der Waals surface area contributed by atoms with E-state index in [0.717, 1.165) is 42.5 Å². The van der Waals surface area contributed by atoms with E-state index in [0.29, 0.717) is 22.0 Å². The van der Waals surface area contributed by atoms with Gasteiger partial charge in [-0.3, -0.25) is 0 Å². The molecule has 144 valence electrons. The topological polar surface area (TPSA) is 101 Å². The lowest BCUT2D eigenvalue weighted by atomic mass is 10.0. The zero-order valence-corrected chi connectivity index (χ0v) is 17.1. The van der Waals surface area contributed by atoms with E-state index >= 15 is 0 Å². The molecule has 0 bridgehead atoms. The van der Waals surface area contributed by atoms with Crippen LogP contribution in [0.5, 0.6) is 0 Å². The van der Waals surface area contributed by atoms with Crippen LogP contribution in [0.4, 0.5) is 0 Å². The van der Waals surface area contributed by atoms with Crippen molar-refractivity contribution in [2.24, 2.45) is 0 Å². The van der Waals surface area contributed by atoms with Gasteiger partial charge in [0, 0.05) is 11.6 Å². The molecule has 0 atom stereocenters. The Morgan fingerprint density at radius 1 is 1.26 bits per heavy atom. The standard InChI is InChI=1S/C18H22N4O3S2/c1-10-16(11(2)25-21-10)12-8-14-17(20-18(19-14)26-3)15(9-12)27(23,24)22-13-6-4-5-7-13/h8-9,13,22H,4-7H2,1-3H3,(H,19,20). The van der Waals surface area contributed by atoms with Crippen molar-refractivity contribution in [3.8, 4) is 11.1 Å². The molecule has 1 saturated carbocycles. The number of aromatic amines is 1. The highest BCUT2D eigenvalue weighted by atomic mass is 32.2. The van der Waals surface area contributed by atoms with Gasteiger partial charge in [0.15, 0.2) is 5.16 Å². The molecule has 1 fully saturated rings. The van der Waals surface area contributed by atoms with Gasteiger partial charge in [0.1, 0.15) is 16.2 Å². The van der Waals surface area contributed by atoms with E-state index in [1.54, 1.807) is 6.07 Å². The van der Waals surface area contributed by atoms with Crippen LogP contribution < -0.4 is 4.72 Å². The predicted octanol–water partition coefficient (Wildman–Crippen LogP) is 3.78. The lowest BCUT2D eigenvalue weighted by Gasteiger charge is -2.14. The summed E-state index contributed by atoms with van der Waals surface area (Å²) < 4.78 is 34.5. The number of hydrogen-bond donors (Lipinski definition) is 2. The molecule has 4 rings (SSSR count). The number of rotatable bonds is 5. The van der Waals surface area contributed by atoms with Crippen molar-refractivity contribution in [3.63, 3.8) is 0 Å². The smallest absolute Gasteiger partial charge is 0.243 e. The van der Waals surface area contributed by atoms with Gasteiger partial charge in [-0.05, 0) is 50.6 Å². The Balaban J connectivity index is 1.90. The Labute approximate surface area is 162 Å². The molecule has 7 nitrogen and oxygen atoms in total. The summed E-state index contributed by atoms with van der Waals surface area (Å²) in [6.45, 7) is 3.67. The van der Waals surface area contributed by atoms with Crippen molar-refractivity contribution in [3.05, 3.63) is 23.6 Å². The number of H-pyrrole nitrogens is 1. The van der Waals surface area contributed by atoms with Gasteiger partial charge < -0.3 is 9.51 Å². The summed E-state index contributed by atoms with van der Waals surface area (Å²) in [5.74, 6) is 0.656. The molecule has 0 amide bonds. The molecular formula is C18H22N4O3S2. The first-order valence-corrected chi connectivity index (χ1v) is 11.6. The van der Waals surface area contributed by atoms with Crippen molar-refractivity contribution in [1.82, 2.24) is 19.8 Å². The van der Waals surface area contributed by atoms with Gasteiger partial charge >= 0.3 is 0 Å². The molecule has 2 heterocycles. The third-order valence-electron chi connectivity index (χ3n) is 5.01. The fraction of sp³-hybridized carbons (Fsp3) is 0.444. The largest absolute Gasteiger partial charge is 0.361 e. The van der Waals surface area contributed by atoms with Crippen molar-refractivity contribution in [1.29, 1.82) is 0 Å². The van der Waals surface area contributed by atoms with E-state index in [-0.39, 0.29) is 10.9 Å². The van der Waals surface area contributed by atoms with Crippen LogP contribution >= 0.6 is 11.8 Å². The fourth-order valence-electron chi connectivity index (χ4n) is 3.73. The molecular weight excluding hydrogens is 384 g/mol. The number of sulfonamides is 1. The molecule has 3 aromatic rings. The molecule has 0 spiro atoms. The lowest BCUT2D eigenvalue weighted by Crippen LogP contribution is -2.32. The quantitative estimate of drug-likeness (QED) is 0.626. The van der Waals surface area contributed by atoms with E-state index in [1.165, 1.54) is 11.8 Å². The highest BCUT2D eigenvalue weighted by molar-refractivity contribution is 7.98. The minimum absolute atomic E-state index is 0.00765. The van der Waals surface area contributed by atoms with Crippen molar-refractivity contribution in [2.75, 3.05) is 6.26 Å². The van der Waals surface area contributed by atoms with Gasteiger partial charge in [-0.2, -0.15) is 0 Å². The molecule has 0 unspecified atom stereocenters. The molecule has 0 aliphatic heterocycles. The monoisotopic (exact) mass is 406 g/mol. The maximum absolute atomic E-state index is 13.2. The van der Waals surface area contributed by atoms with E-state index in [1.807, 2.05) is 26.2 Å². The number of imidazole rings is 1. The summed E-state index contributed by atoms with van der Waals surface area (Å²) in [6, 6.07) is 3.58. The second-order valence-corrected chi connectivity index (χ2v) is 9.40. The van der Waals surface area contributed by atoms with Gasteiger partial charge in [-0.15, -0.1) is 0 Å². The third kappa shape index (κ3) is 3.39. The van der Waals surface area contributed by atoms with Crippen LogP contribution in [0.15, 0.2) is 26.7 Å². The number of aromatic nitrogens is 3. The van der Waals surface area contributed by atoms with Crippen LogP contribution in [0.2, 0.25) is 0 Å². The SMILES string of the molecule is CSc1nc2c(S(=O)(=O)NC3CCCC3)cc(-c3c(C)noc3C)cc2[nH]1. The van der Waals surface area contributed by atoms with Gasteiger partial charge in [-0.1, -0.05) is 29.8 Å². The molecule has 2 aromatic heterocycles. The lowest BCUT2D eigenvalue weighted by molar-refractivity contribution is 0.393. The van der Waals surface area contributed by atoms with E-state index in [4.69, 9.17) is 4.52 Å². The summed E-state index contributed by atoms with van der Waals surface area (Å²) in [5.41, 5.74) is 3.43. The molecule has 1 aliphatic rings. The predicted molar refractivity (Wildman–Crippen MR) is 105 cm³/mol. The van der Waals surface area contributed by atoms with E-state index < -0.39 is 10.0 Å². The summed E-state index contributed by atoms with van der Waals surface area (Å²) in [5, 5.41) is 4.68. The van der Waals surface area contributed by atoms with Crippen LogP contribution in [-0.2, 0) is 10.0 Å². The zero-order valence-electron chi connectivity index (χ0n) is 15.5. The number of fused-ring (bicyclic) bond motifs is 1. The maximum atomic E-state index is 13.2. The van der Waals surface area contributed by atoms with Gasteiger partial charge in [0.25, 0.3) is 0 Å². The number of nitrogens with zero attached hydrogens (tertiary/aromatic N) is 2. The number of aryl methyl sites for hydroxylation is 2. The Bertz CT molecular complexity index is 1080. The molecule has 1 aliphatic carbocycles. The van der Waals surface area contributed by atoms with E-state index in [9.17, 15) is 8.42 Å². The number of thioether (sulfide) groups is 1. The summed E-state index contributed by atoms with van der Waals surface area (Å²) in [7, 11) is -3.70. The first-order chi connectivity index (χ1) is 12.9. The second-order valence-electron chi connectivity index (χ2n) is 6.92. The molecule has 0 saturated heterocycles. The Kier molecular flexibility index (Phi) is 4.77. The van der Waals surface area contributed by atoms with Gasteiger partial charge in [0.05, 0.1) is 11.2 Å². The number of hydrogen-bond acceptors (Lipinski definition) is 6. The van der Waals surface area contributed by atoms with Crippen LogP contribution in [0.3, 0.4) is 0 Å². The highest BCUT2D eigenvalue weighted by Gasteiger charge is 2.27. The average Bonchev–Trinajstić information content (AvgIpc) is 3.34. The van der Waals surface area contributed by atoms with Crippen molar-refractivity contribution < 1.29 is 12.9 Å². The van der Waals surface area contributed by atoms with Crippen molar-refractivity contribution >= 4 is 32.8 Å². The van der Waals surface area contributed by atoms with Gasteiger partial charge in [-0.25, -0.2) is 18.1 Å². The van der Waals surface area contributed by atoms with Crippen LogP contribution in [-0.4, -0.2) is 35.8 Å². The normalized spacial score (nSPS) is 15.8. The van der Waals surface area contributed by atoms with Crippen LogP contribution in [0.25, 0.3) is 22.2 Å². The fourth-order valence-corrected chi connectivity index (χ4v) is 5.62. The molecule has 0 radical (unpaired) electrons.